The summed E-state index contributed by atoms with van der Waals surface area (Å²) < 4.78 is 12.0. The van der Waals surface area contributed by atoms with Crippen molar-refractivity contribution in [3.05, 3.63) is 42.4 Å². The van der Waals surface area contributed by atoms with Gasteiger partial charge in [-0.2, -0.15) is 5.10 Å². The van der Waals surface area contributed by atoms with E-state index >= 15 is 0 Å². The number of carbonyl (C=O) groups is 1. The van der Waals surface area contributed by atoms with Crippen LogP contribution in [0.1, 0.15) is 26.3 Å². The third-order valence-corrected chi connectivity index (χ3v) is 6.64. The van der Waals surface area contributed by atoms with Crippen LogP contribution in [0.5, 0.6) is 5.75 Å². The van der Waals surface area contributed by atoms with Gasteiger partial charge in [0.15, 0.2) is 0 Å². The first-order valence-corrected chi connectivity index (χ1v) is 11.9. The second-order valence-electron chi connectivity index (χ2n) is 10.2. The van der Waals surface area contributed by atoms with Crippen molar-refractivity contribution in [2.24, 2.45) is 0 Å². The molecule has 1 fully saturated rings. The lowest BCUT2D eigenvalue weighted by Crippen LogP contribution is -2.57. The van der Waals surface area contributed by atoms with Crippen molar-refractivity contribution in [1.82, 2.24) is 25.1 Å². The number of rotatable bonds is 1. The highest BCUT2D eigenvalue weighted by Gasteiger charge is 2.36. The SMILES string of the molecule is Cc1ccc2[nH]ncc2c1-c1cc2c3c(ncnc3c1)N1CCN(C(=O)OC(C)(C)C)C[C@@H]1CO2. The number of nitrogens with one attached hydrogen (secondary N) is 1. The number of H-pyrrole nitrogens is 1. The van der Waals surface area contributed by atoms with Crippen LogP contribution < -0.4 is 9.64 Å². The Morgan fingerprint density at radius 2 is 2.06 bits per heavy atom. The van der Waals surface area contributed by atoms with Gasteiger partial charge >= 0.3 is 6.09 Å². The minimum Gasteiger partial charge on any atom is -0.490 e. The molecule has 4 aromatic rings. The first-order valence-electron chi connectivity index (χ1n) is 11.9. The number of aromatic nitrogens is 4. The van der Waals surface area contributed by atoms with Crippen LogP contribution >= 0.6 is 0 Å². The van der Waals surface area contributed by atoms with Gasteiger partial charge in [-0.1, -0.05) is 6.07 Å². The van der Waals surface area contributed by atoms with Gasteiger partial charge in [0.25, 0.3) is 0 Å². The highest BCUT2D eigenvalue weighted by molar-refractivity contribution is 6.02. The Hall–Kier alpha value is -3.88. The van der Waals surface area contributed by atoms with E-state index in [1.165, 1.54) is 0 Å². The molecule has 0 radical (unpaired) electrons. The quantitative estimate of drug-likeness (QED) is 0.441. The van der Waals surface area contributed by atoms with E-state index in [0.29, 0.717) is 26.2 Å². The van der Waals surface area contributed by atoms with E-state index in [-0.39, 0.29) is 12.1 Å². The molecular weight excluding hydrogens is 444 g/mol. The molecule has 1 N–H and O–H groups in total. The molecule has 6 rings (SSSR count). The third-order valence-electron chi connectivity index (χ3n) is 6.64. The van der Waals surface area contributed by atoms with Crippen molar-refractivity contribution in [3.63, 3.8) is 0 Å². The van der Waals surface area contributed by atoms with E-state index in [4.69, 9.17) is 9.47 Å². The topological polar surface area (TPSA) is 96.5 Å². The third kappa shape index (κ3) is 3.71. The zero-order valence-corrected chi connectivity index (χ0v) is 20.3. The standard InChI is InChI=1S/C26H28N6O3/c1-15-5-6-19-18(11-29-30-19)22(15)16-9-20-23-21(10-16)34-13-17-12-31(25(33)35-26(2,3)4)7-8-32(17)24(23)28-14-27-20/h5-6,9-11,14,17H,7-8,12-13H2,1-4H3,(H,29,30)/t17-/m1/s1. The average molecular weight is 473 g/mol. The molecule has 2 aromatic heterocycles. The normalized spacial score (nSPS) is 17.8. The van der Waals surface area contributed by atoms with E-state index < -0.39 is 5.60 Å². The Bertz CT molecular complexity index is 1460. The smallest absolute Gasteiger partial charge is 0.410 e. The molecule has 35 heavy (non-hydrogen) atoms. The van der Waals surface area contributed by atoms with Gasteiger partial charge in [-0.3, -0.25) is 5.10 Å². The predicted octanol–water partition coefficient (Wildman–Crippen LogP) is 4.30. The fraction of sp³-hybridized carbons (Fsp3) is 0.385. The van der Waals surface area contributed by atoms with Gasteiger partial charge in [0.1, 0.15) is 30.1 Å². The van der Waals surface area contributed by atoms with Crippen LogP contribution in [0.2, 0.25) is 0 Å². The van der Waals surface area contributed by atoms with Crippen LogP contribution in [0.15, 0.2) is 36.8 Å². The Morgan fingerprint density at radius 1 is 1.20 bits per heavy atom. The number of amides is 1. The van der Waals surface area contributed by atoms with Gasteiger partial charge in [0.05, 0.1) is 28.7 Å². The van der Waals surface area contributed by atoms with Gasteiger partial charge in [-0.15, -0.1) is 0 Å². The van der Waals surface area contributed by atoms with Gasteiger partial charge in [0, 0.05) is 25.0 Å². The number of nitrogens with zero attached hydrogens (tertiary/aromatic N) is 5. The second kappa shape index (κ2) is 7.83. The summed E-state index contributed by atoms with van der Waals surface area (Å²) in [4.78, 5) is 26.0. The van der Waals surface area contributed by atoms with Crippen molar-refractivity contribution in [2.45, 2.75) is 39.3 Å². The number of hydrogen-bond donors (Lipinski definition) is 1. The summed E-state index contributed by atoms with van der Waals surface area (Å²) in [6.07, 6.45) is 3.18. The highest BCUT2D eigenvalue weighted by Crippen LogP contribution is 2.41. The Kier molecular flexibility index (Phi) is 4.84. The summed E-state index contributed by atoms with van der Waals surface area (Å²) >= 11 is 0. The Labute approximate surface area is 203 Å². The number of benzene rings is 2. The minimum atomic E-state index is -0.532. The number of ether oxygens (including phenoxy) is 2. The molecule has 2 aromatic carbocycles. The first-order chi connectivity index (χ1) is 16.8. The zero-order chi connectivity index (χ0) is 24.3. The largest absolute Gasteiger partial charge is 0.490 e. The summed E-state index contributed by atoms with van der Waals surface area (Å²) in [5, 5.41) is 9.26. The summed E-state index contributed by atoms with van der Waals surface area (Å²) in [7, 11) is 0. The van der Waals surface area contributed by atoms with Crippen LogP contribution in [0.25, 0.3) is 32.9 Å². The maximum atomic E-state index is 12.7. The van der Waals surface area contributed by atoms with E-state index in [1.807, 2.05) is 33.0 Å². The van der Waals surface area contributed by atoms with Crippen molar-refractivity contribution in [2.75, 3.05) is 31.1 Å². The van der Waals surface area contributed by atoms with Crippen molar-refractivity contribution >= 4 is 33.7 Å². The number of carbonyl (C=O) groups excluding carboxylic acids is 1. The lowest BCUT2D eigenvalue weighted by molar-refractivity contribution is 0.0202. The van der Waals surface area contributed by atoms with Crippen LogP contribution in [-0.4, -0.2) is 69.0 Å². The fourth-order valence-electron chi connectivity index (χ4n) is 5.08. The molecule has 0 spiro atoms. The molecule has 1 saturated heterocycles. The van der Waals surface area contributed by atoms with Crippen LogP contribution in [0.4, 0.5) is 10.6 Å². The van der Waals surface area contributed by atoms with Gasteiger partial charge in [-0.25, -0.2) is 14.8 Å². The molecule has 1 amide bonds. The molecule has 2 aliphatic heterocycles. The number of piperazine rings is 1. The molecule has 1 atom stereocenters. The molecule has 0 unspecified atom stereocenters. The number of fused-ring (bicyclic) bond motifs is 3. The molecule has 2 aliphatic rings. The van der Waals surface area contributed by atoms with E-state index in [1.54, 1.807) is 11.2 Å². The average Bonchev–Trinajstić information content (AvgIpc) is 3.23. The number of aromatic amines is 1. The molecule has 0 aliphatic carbocycles. The number of aryl methyl sites for hydroxylation is 1. The number of hydrogen-bond acceptors (Lipinski definition) is 7. The molecule has 0 saturated carbocycles. The monoisotopic (exact) mass is 472 g/mol. The molecule has 9 heteroatoms. The lowest BCUT2D eigenvalue weighted by atomic mass is 9.95. The Balaban J connectivity index is 1.39. The van der Waals surface area contributed by atoms with E-state index in [0.717, 1.165) is 50.1 Å². The van der Waals surface area contributed by atoms with Crippen molar-refractivity contribution < 1.29 is 14.3 Å². The van der Waals surface area contributed by atoms with Crippen LogP contribution in [-0.2, 0) is 4.74 Å². The predicted molar refractivity (Wildman–Crippen MR) is 134 cm³/mol. The minimum absolute atomic E-state index is 0.0377. The van der Waals surface area contributed by atoms with Gasteiger partial charge in [0.2, 0.25) is 0 Å². The van der Waals surface area contributed by atoms with E-state index in [9.17, 15) is 4.79 Å². The first kappa shape index (κ1) is 21.6. The fourth-order valence-corrected chi connectivity index (χ4v) is 5.08. The number of anilines is 1. The summed E-state index contributed by atoms with van der Waals surface area (Å²) in [5.74, 6) is 1.60. The maximum Gasteiger partial charge on any atom is 0.410 e. The molecule has 9 nitrogen and oxygen atoms in total. The maximum absolute atomic E-state index is 12.7. The second-order valence-corrected chi connectivity index (χ2v) is 10.2. The van der Waals surface area contributed by atoms with Crippen LogP contribution in [0, 0.1) is 6.92 Å². The molecule has 180 valence electrons. The summed E-state index contributed by atoms with van der Waals surface area (Å²) in [5.41, 5.74) is 4.57. The highest BCUT2D eigenvalue weighted by atomic mass is 16.6. The molecule has 4 heterocycles. The van der Waals surface area contributed by atoms with E-state index in [2.05, 4.69) is 50.2 Å². The van der Waals surface area contributed by atoms with Gasteiger partial charge in [-0.05, 0) is 62.6 Å². The molecular formula is C26H28N6O3. The zero-order valence-electron chi connectivity index (χ0n) is 20.3. The lowest BCUT2D eigenvalue weighted by Gasteiger charge is -2.41. The summed E-state index contributed by atoms with van der Waals surface area (Å²) in [6.45, 7) is 9.90. The van der Waals surface area contributed by atoms with Gasteiger partial charge < -0.3 is 19.3 Å². The molecule has 0 bridgehead atoms. The van der Waals surface area contributed by atoms with Crippen molar-refractivity contribution in [1.29, 1.82) is 0 Å². The van der Waals surface area contributed by atoms with Crippen LogP contribution in [0.3, 0.4) is 0 Å². The summed E-state index contributed by atoms with van der Waals surface area (Å²) in [6, 6.07) is 8.27. The van der Waals surface area contributed by atoms with Crippen molar-refractivity contribution in [3.8, 4) is 16.9 Å². The Morgan fingerprint density at radius 3 is 2.89 bits per heavy atom.